The topological polar surface area (TPSA) is 4.93 Å². The van der Waals surface area contributed by atoms with Crippen molar-refractivity contribution in [2.75, 3.05) is 0 Å². The first-order valence-electron chi connectivity index (χ1n) is 5.27. The van der Waals surface area contributed by atoms with Crippen LogP contribution in [0.5, 0.6) is 0 Å². The normalized spacial score (nSPS) is 10.9. The zero-order valence-corrected chi connectivity index (χ0v) is 11.2. The molecule has 0 bridgehead atoms. The highest BCUT2D eigenvalue weighted by atomic mass is 79.9. The molecule has 1 nitrogen and oxygen atoms in total. The molecule has 0 aliphatic heterocycles. The van der Waals surface area contributed by atoms with E-state index in [0.29, 0.717) is 0 Å². The number of hydrogen-bond donors (Lipinski definition) is 0. The third-order valence-corrected chi connectivity index (χ3v) is 3.67. The lowest BCUT2D eigenvalue weighted by Crippen LogP contribution is -1.92. The van der Waals surface area contributed by atoms with Crippen LogP contribution in [0.15, 0.2) is 59.2 Å². The molecule has 0 saturated carbocycles. The minimum absolute atomic E-state index is 0.766. The molecule has 3 heteroatoms. The molecule has 0 spiro atoms. The van der Waals surface area contributed by atoms with Gasteiger partial charge in [-0.25, -0.2) is 0 Å². The van der Waals surface area contributed by atoms with E-state index < -0.39 is 0 Å². The summed E-state index contributed by atoms with van der Waals surface area (Å²) in [7, 11) is 0. The van der Waals surface area contributed by atoms with Crippen molar-refractivity contribution in [2.45, 2.75) is 0 Å². The van der Waals surface area contributed by atoms with E-state index in [-0.39, 0.29) is 0 Å². The number of halogens is 2. The molecule has 0 atom stereocenters. The van der Waals surface area contributed by atoms with Gasteiger partial charge in [-0.1, -0.05) is 23.7 Å². The number of benzene rings is 2. The van der Waals surface area contributed by atoms with E-state index >= 15 is 0 Å². The third-order valence-electron chi connectivity index (χ3n) is 2.76. The number of nitrogens with zero attached hydrogens (tertiary/aromatic N) is 1. The summed E-state index contributed by atoms with van der Waals surface area (Å²) in [5.74, 6) is 0. The van der Waals surface area contributed by atoms with Crippen LogP contribution in [0, 0.1) is 0 Å². The highest BCUT2D eigenvalue weighted by Crippen LogP contribution is 2.27. The van der Waals surface area contributed by atoms with Gasteiger partial charge in [0.1, 0.15) is 0 Å². The molecule has 17 heavy (non-hydrogen) atoms. The Morgan fingerprint density at radius 3 is 2.65 bits per heavy atom. The molecule has 0 saturated heterocycles. The third kappa shape index (κ3) is 1.88. The molecule has 84 valence electrons. The second-order valence-electron chi connectivity index (χ2n) is 3.84. The fourth-order valence-electron chi connectivity index (χ4n) is 1.97. The average molecular weight is 307 g/mol. The Morgan fingerprint density at radius 1 is 1.00 bits per heavy atom. The number of aromatic nitrogens is 1. The molecule has 0 radical (unpaired) electrons. The lowest BCUT2D eigenvalue weighted by atomic mass is 10.2. The van der Waals surface area contributed by atoms with Crippen molar-refractivity contribution >= 4 is 38.4 Å². The fraction of sp³-hybridized carbons (Fsp3) is 0. The minimum atomic E-state index is 0.766. The molecule has 1 aromatic heterocycles. The molecule has 3 aromatic rings. The predicted octanol–water partition coefficient (Wildman–Crippen LogP) is 5.05. The number of rotatable bonds is 1. The van der Waals surface area contributed by atoms with Crippen LogP contribution < -0.4 is 0 Å². The van der Waals surface area contributed by atoms with Crippen molar-refractivity contribution < 1.29 is 0 Å². The van der Waals surface area contributed by atoms with E-state index in [4.69, 9.17) is 11.6 Å². The van der Waals surface area contributed by atoms with Crippen LogP contribution >= 0.6 is 27.5 Å². The molecule has 0 N–H and O–H groups in total. The molecule has 3 rings (SSSR count). The Balaban J connectivity index is 2.29. The lowest BCUT2D eigenvalue weighted by molar-refractivity contribution is 1.12. The predicted molar refractivity (Wildman–Crippen MR) is 76.0 cm³/mol. The van der Waals surface area contributed by atoms with Crippen molar-refractivity contribution in [2.24, 2.45) is 0 Å². The summed E-state index contributed by atoms with van der Waals surface area (Å²) in [6.07, 6.45) is 2.06. The first kappa shape index (κ1) is 10.9. The summed E-state index contributed by atoms with van der Waals surface area (Å²) in [6, 6.07) is 16.2. The van der Waals surface area contributed by atoms with E-state index in [2.05, 4.69) is 38.8 Å². The Bertz CT molecular complexity index is 688. The summed E-state index contributed by atoms with van der Waals surface area (Å²) >= 11 is 9.56. The van der Waals surface area contributed by atoms with Crippen molar-refractivity contribution in [1.29, 1.82) is 0 Å². The van der Waals surface area contributed by atoms with Gasteiger partial charge in [0.2, 0.25) is 0 Å². The summed E-state index contributed by atoms with van der Waals surface area (Å²) in [6.45, 7) is 0. The Labute approximate surface area is 113 Å². The van der Waals surface area contributed by atoms with Gasteiger partial charge in [0, 0.05) is 21.1 Å². The smallest absolute Gasteiger partial charge is 0.0597 e. The number of fused-ring (bicyclic) bond motifs is 1. The van der Waals surface area contributed by atoms with Crippen LogP contribution in [0.2, 0.25) is 5.02 Å². The quantitative estimate of drug-likeness (QED) is 0.593. The molecule has 2 aromatic carbocycles. The molecular formula is C14H9BrClN. The standard InChI is InChI=1S/C14H9BrClN/c15-12-3-1-2-4-14(12)17-8-7-10-9-11(16)5-6-13(10)17/h1-9H. The first-order valence-corrected chi connectivity index (χ1v) is 6.44. The molecule has 0 unspecified atom stereocenters. The van der Waals surface area contributed by atoms with E-state index in [1.54, 1.807) is 0 Å². The summed E-state index contributed by atoms with van der Waals surface area (Å²) in [5, 5.41) is 1.91. The molecule has 0 fully saturated rings. The van der Waals surface area contributed by atoms with Gasteiger partial charge in [-0.15, -0.1) is 0 Å². The van der Waals surface area contributed by atoms with Crippen LogP contribution in [0.4, 0.5) is 0 Å². The Kier molecular flexibility index (Phi) is 2.69. The molecule has 0 aliphatic carbocycles. The Hall–Kier alpha value is -1.25. The molecule has 0 aliphatic rings. The molecular weight excluding hydrogens is 298 g/mol. The maximum atomic E-state index is 5.99. The highest BCUT2D eigenvalue weighted by Gasteiger charge is 2.05. The van der Waals surface area contributed by atoms with E-state index in [1.807, 2.05) is 36.4 Å². The summed E-state index contributed by atoms with van der Waals surface area (Å²) in [4.78, 5) is 0. The zero-order valence-electron chi connectivity index (χ0n) is 8.90. The van der Waals surface area contributed by atoms with Crippen molar-refractivity contribution in [3.63, 3.8) is 0 Å². The molecule has 0 amide bonds. The number of para-hydroxylation sites is 1. The average Bonchev–Trinajstić information content (AvgIpc) is 2.72. The van der Waals surface area contributed by atoms with E-state index in [0.717, 1.165) is 26.1 Å². The zero-order chi connectivity index (χ0) is 11.8. The summed E-state index contributed by atoms with van der Waals surface area (Å²) < 4.78 is 3.22. The Morgan fingerprint density at radius 2 is 1.82 bits per heavy atom. The van der Waals surface area contributed by atoms with Crippen LogP contribution in [0.25, 0.3) is 16.6 Å². The van der Waals surface area contributed by atoms with Crippen LogP contribution in [0.1, 0.15) is 0 Å². The summed E-state index contributed by atoms with van der Waals surface area (Å²) in [5.41, 5.74) is 2.28. The highest BCUT2D eigenvalue weighted by molar-refractivity contribution is 9.10. The van der Waals surface area contributed by atoms with Crippen molar-refractivity contribution in [3.8, 4) is 5.69 Å². The first-order chi connectivity index (χ1) is 8.25. The van der Waals surface area contributed by atoms with E-state index in [9.17, 15) is 0 Å². The van der Waals surface area contributed by atoms with Gasteiger partial charge >= 0.3 is 0 Å². The number of hydrogen-bond acceptors (Lipinski definition) is 0. The van der Waals surface area contributed by atoms with Gasteiger partial charge in [0.25, 0.3) is 0 Å². The fourth-order valence-corrected chi connectivity index (χ4v) is 2.63. The maximum absolute atomic E-state index is 5.99. The van der Waals surface area contributed by atoms with Crippen LogP contribution in [0.3, 0.4) is 0 Å². The monoisotopic (exact) mass is 305 g/mol. The molecule has 1 heterocycles. The second-order valence-corrected chi connectivity index (χ2v) is 5.13. The maximum Gasteiger partial charge on any atom is 0.0597 e. The van der Waals surface area contributed by atoms with Crippen LogP contribution in [-0.2, 0) is 0 Å². The van der Waals surface area contributed by atoms with E-state index in [1.165, 1.54) is 0 Å². The SMILES string of the molecule is Clc1ccc2c(ccn2-c2ccccc2Br)c1. The van der Waals surface area contributed by atoms with Gasteiger partial charge in [-0.2, -0.15) is 0 Å². The lowest BCUT2D eigenvalue weighted by Gasteiger charge is -2.07. The van der Waals surface area contributed by atoms with Crippen molar-refractivity contribution in [3.05, 3.63) is 64.2 Å². The minimum Gasteiger partial charge on any atom is -0.315 e. The largest absolute Gasteiger partial charge is 0.315 e. The second kappa shape index (κ2) is 4.21. The van der Waals surface area contributed by atoms with Crippen LogP contribution in [-0.4, -0.2) is 4.57 Å². The van der Waals surface area contributed by atoms with Gasteiger partial charge in [0.05, 0.1) is 11.2 Å². The van der Waals surface area contributed by atoms with Gasteiger partial charge < -0.3 is 4.57 Å². The van der Waals surface area contributed by atoms with Gasteiger partial charge in [0.15, 0.2) is 0 Å². The van der Waals surface area contributed by atoms with Gasteiger partial charge in [-0.05, 0) is 52.3 Å². The van der Waals surface area contributed by atoms with Crippen molar-refractivity contribution in [1.82, 2.24) is 4.57 Å². The van der Waals surface area contributed by atoms with Gasteiger partial charge in [-0.3, -0.25) is 0 Å².